The van der Waals surface area contributed by atoms with Crippen LogP contribution in [0.5, 0.6) is 5.75 Å². The van der Waals surface area contributed by atoms with Crippen LogP contribution in [-0.2, 0) is 5.41 Å². The number of likely N-dealkylation sites (tertiary alicyclic amines) is 1. The van der Waals surface area contributed by atoms with Crippen LogP contribution in [0.2, 0.25) is 0 Å². The Labute approximate surface area is 183 Å². The highest BCUT2D eigenvalue weighted by atomic mass is 16.5. The lowest BCUT2D eigenvalue weighted by molar-refractivity contribution is -0.0738. The number of aliphatic hydroxyl groups excluding tert-OH is 1. The lowest BCUT2D eigenvalue weighted by Gasteiger charge is -2.62. The molecule has 3 atom stereocenters. The van der Waals surface area contributed by atoms with Gasteiger partial charge in [-0.05, 0) is 111 Å². The number of ether oxygens (including phenoxy) is 1. The summed E-state index contributed by atoms with van der Waals surface area (Å²) in [5.41, 5.74) is 2.59. The first-order valence-corrected chi connectivity index (χ1v) is 12.6. The number of hydrogen-bond acceptors (Lipinski definition) is 3. The van der Waals surface area contributed by atoms with Crippen LogP contribution in [0.15, 0.2) is 24.3 Å². The van der Waals surface area contributed by atoms with Gasteiger partial charge in [-0.3, -0.25) is 0 Å². The van der Waals surface area contributed by atoms with Crippen LogP contribution in [0.3, 0.4) is 0 Å². The van der Waals surface area contributed by atoms with Gasteiger partial charge in [0, 0.05) is 6.54 Å². The predicted molar refractivity (Wildman–Crippen MR) is 122 cm³/mol. The third kappa shape index (κ3) is 4.05. The second-order valence-electron chi connectivity index (χ2n) is 11.6. The molecule has 0 amide bonds. The van der Waals surface area contributed by atoms with Gasteiger partial charge in [-0.1, -0.05) is 32.4 Å². The maximum absolute atomic E-state index is 10.4. The summed E-state index contributed by atoms with van der Waals surface area (Å²) in [6.07, 6.45) is 12.1. The third-order valence-corrected chi connectivity index (χ3v) is 9.19. The van der Waals surface area contributed by atoms with E-state index in [0.717, 1.165) is 43.1 Å². The maximum Gasteiger partial charge on any atom is 0.119 e. The predicted octanol–water partition coefficient (Wildman–Crippen LogP) is 5.41. The first kappa shape index (κ1) is 20.8. The summed E-state index contributed by atoms with van der Waals surface area (Å²) < 4.78 is 5.97. The molecule has 3 nitrogen and oxygen atoms in total. The largest absolute Gasteiger partial charge is 0.491 e. The van der Waals surface area contributed by atoms with Crippen molar-refractivity contribution in [3.63, 3.8) is 0 Å². The molecule has 1 saturated heterocycles. The quantitative estimate of drug-likeness (QED) is 0.651. The molecular formula is C27H41NO2. The van der Waals surface area contributed by atoms with Crippen LogP contribution in [0, 0.1) is 23.2 Å². The smallest absolute Gasteiger partial charge is 0.119 e. The van der Waals surface area contributed by atoms with Gasteiger partial charge in [-0.15, -0.1) is 0 Å². The lowest BCUT2D eigenvalue weighted by Crippen LogP contribution is -2.53. The van der Waals surface area contributed by atoms with E-state index >= 15 is 0 Å². The second-order valence-corrected chi connectivity index (χ2v) is 11.6. The summed E-state index contributed by atoms with van der Waals surface area (Å²) in [6.45, 7) is 8.08. The highest BCUT2D eigenvalue weighted by Crippen LogP contribution is 2.66. The molecule has 5 fully saturated rings. The van der Waals surface area contributed by atoms with E-state index in [-0.39, 0.29) is 0 Å². The van der Waals surface area contributed by atoms with Gasteiger partial charge in [0.25, 0.3) is 0 Å². The zero-order valence-corrected chi connectivity index (χ0v) is 19.1. The molecule has 2 unspecified atom stereocenters. The van der Waals surface area contributed by atoms with Gasteiger partial charge < -0.3 is 14.7 Å². The van der Waals surface area contributed by atoms with Crippen molar-refractivity contribution in [2.75, 3.05) is 26.2 Å². The van der Waals surface area contributed by atoms with E-state index in [1.54, 1.807) is 5.56 Å². The van der Waals surface area contributed by atoms with E-state index in [2.05, 4.69) is 43.0 Å². The molecule has 5 aliphatic rings. The molecule has 3 heteroatoms. The van der Waals surface area contributed by atoms with Crippen LogP contribution >= 0.6 is 0 Å². The number of hydrogen-bond donors (Lipinski definition) is 1. The molecule has 0 spiro atoms. The first-order valence-electron chi connectivity index (χ1n) is 12.6. The average molecular weight is 412 g/mol. The summed E-state index contributed by atoms with van der Waals surface area (Å²) in [4.78, 5) is 2.38. The van der Waals surface area contributed by atoms with Crippen molar-refractivity contribution in [3.05, 3.63) is 29.8 Å². The van der Waals surface area contributed by atoms with Crippen molar-refractivity contribution in [2.24, 2.45) is 23.2 Å². The molecule has 4 saturated carbocycles. The number of rotatable bonds is 7. The number of aliphatic hydroxyl groups is 1. The summed E-state index contributed by atoms with van der Waals surface area (Å²) in [5, 5.41) is 10.4. The van der Waals surface area contributed by atoms with E-state index in [4.69, 9.17) is 4.74 Å². The van der Waals surface area contributed by atoms with Crippen LogP contribution in [-0.4, -0.2) is 42.4 Å². The van der Waals surface area contributed by atoms with Crippen molar-refractivity contribution in [2.45, 2.75) is 83.2 Å². The summed E-state index contributed by atoms with van der Waals surface area (Å²) in [5.74, 6) is 3.64. The van der Waals surface area contributed by atoms with Crippen molar-refractivity contribution in [1.82, 2.24) is 4.90 Å². The Bertz CT molecular complexity index is 707. The van der Waals surface area contributed by atoms with Crippen molar-refractivity contribution in [1.29, 1.82) is 0 Å². The topological polar surface area (TPSA) is 32.7 Å². The number of piperidine rings is 1. The van der Waals surface area contributed by atoms with E-state index in [1.165, 1.54) is 57.8 Å². The molecule has 4 bridgehead atoms. The van der Waals surface area contributed by atoms with Gasteiger partial charge in [-0.25, -0.2) is 0 Å². The minimum Gasteiger partial charge on any atom is -0.491 e. The molecular weight excluding hydrogens is 370 g/mol. The molecule has 0 radical (unpaired) electrons. The number of nitrogens with zero attached hydrogens (tertiary/aromatic N) is 1. The van der Waals surface area contributed by atoms with Crippen molar-refractivity contribution in [3.8, 4) is 5.75 Å². The Kier molecular flexibility index (Phi) is 5.64. The fraction of sp³-hybridized carbons (Fsp3) is 0.778. The van der Waals surface area contributed by atoms with Crippen molar-refractivity contribution < 1.29 is 9.84 Å². The summed E-state index contributed by atoms with van der Waals surface area (Å²) >= 11 is 0. The van der Waals surface area contributed by atoms with Gasteiger partial charge in [0.2, 0.25) is 0 Å². The minimum absolute atomic E-state index is 0.389. The van der Waals surface area contributed by atoms with Gasteiger partial charge in [0.1, 0.15) is 18.5 Å². The Morgan fingerprint density at radius 1 is 1.07 bits per heavy atom. The van der Waals surface area contributed by atoms with Crippen LogP contribution < -0.4 is 4.74 Å². The van der Waals surface area contributed by atoms with Crippen LogP contribution in [0.1, 0.15) is 77.2 Å². The molecule has 166 valence electrons. The van der Waals surface area contributed by atoms with E-state index in [0.29, 0.717) is 17.4 Å². The van der Waals surface area contributed by atoms with Gasteiger partial charge in [0.05, 0.1) is 0 Å². The van der Waals surface area contributed by atoms with Crippen LogP contribution in [0.25, 0.3) is 0 Å². The molecule has 1 N–H and O–H groups in total. The molecule has 1 aliphatic heterocycles. The SMILES string of the molecule is CCC12CC3CC(C1)CC(c1ccc(OC[C@@H](O)CN4CCC(C)CC4)cc1)(C3)C2. The monoisotopic (exact) mass is 411 g/mol. The zero-order valence-electron chi connectivity index (χ0n) is 19.1. The molecule has 1 heterocycles. The summed E-state index contributed by atoms with van der Waals surface area (Å²) in [7, 11) is 0. The van der Waals surface area contributed by atoms with Gasteiger partial charge >= 0.3 is 0 Å². The van der Waals surface area contributed by atoms with Crippen molar-refractivity contribution >= 4 is 0 Å². The highest BCUT2D eigenvalue weighted by molar-refractivity contribution is 5.35. The second kappa shape index (κ2) is 8.13. The van der Waals surface area contributed by atoms with E-state index in [9.17, 15) is 5.11 Å². The fourth-order valence-electron chi connectivity index (χ4n) is 7.90. The Balaban J connectivity index is 1.18. The summed E-state index contributed by atoms with van der Waals surface area (Å²) in [6, 6.07) is 8.98. The Morgan fingerprint density at radius 2 is 1.73 bits per heavy atom. The standard InChI is InChI=1S/C27H41NO2/c1-3-26-13-21-12-22(14-26)16-27(15-21,19-26)23-4-6-25(7-5-23)30-18-24(29)17-28-10-8-20(2)9-11-28/h4-7,20-22,24,29H,3,8-19H2,1-2H3/t21?,22?,24-,26?,27?/m0/s1. The fourth-order valence-corrected chi connectivity index (χ4v) is 7.90. The zero-order chi connectivity index (χ0) is 20.8. The molecule has 1 aromatic rings. The first-order chi connectivity index (χ1) is 14.5. The van der Waals surface area contributed by atoms with Gasteiger partial charge in [0.15, 0.2) is 0 Å². The van der Waals surface area contributed by atoms with E-state index < -0.39 is 6.10 Å². The lowest BCUT2D eigenvalue weighted by atomic mass is 9.42. The molecule has 0 aromatic heterocycles. The molecule has 6 rings (SSSR count). The Morgan fingerprint density at radius 3 is 2.37 bits per heavy atom. The number of β-amino-alcohol motifs (C(OH)–C–C–N with tert-alkyl or cyclic N) is 1. The normalized spacial score (nSPS) is 37.4. The van der Waals surface area contributed by atoms with Crippen LogP contribution in [0.4, 0.5) is 0 Å². The average Bonchev–Trinajstić information content (AvgIpc) is 2.73. The molecule has 1 aromatic carbocycles. The number of benzene rings is 1. The molecule has 30 heavy (non-hydrogen) atoms. The molecule has 4 aliphatic carbocycles. The Hall–Kier alpha value is -1.06. The highest BCUT2D eigenvalue weighted by Gasteiger charge is 2.57. The maximum atomic E-state index is 10.4. The third-order valence-electron chi connectivity index (χ3n) is 9.19. The minimum atomic E-state index is -0.411. The van der Waals surface area contributed by atoms with E-state index in [1.807, 2.05) is 0 Å². The van der Waals surface area contributed by atoms with Gasteiger partial charge in [-0.2, -0.15) is 0 Å².